The van der Waals surface area contributed by atoms with Gasteiger partial charge in [0.05, 0.1) is 6.61 Å². The highest BCUT2D eigenvalue weighted by Gasteiger charge is 2.52. The van der Waals surface area contributed by atoms with Gasteiger partial charge in [-0.05, 0) is 55.7 Å². The summed E-state index contributed by atoms with van der Waals surface area (Å²) < 4.78 is 6.17. The fraction of sp³-hybridized carbons (Fsp3) is 0.636. The van der Waals surface area contributed by atoms with Crippen LogP contribution in [0.25, 0.3) is 0 Å². The minimum Gasteiger partial charge on any atom is -0.354 e. The summed E-state index contributed by atoms with van der Waals surface area (Å²) in [4.78, 5) is 28.0. The summed E-state index contributed by atoms with van der Waals surface area (Å²) in [5.74, 6) is 0.164. The number of carbonyl (C=O) groups excluding carboxylic acids is 2. The molecule has 27 heavy (non-hydrogen) atoms. The lowest BCUT2D eigenvalue weighted by Crippen LogP contribution is -2.56. The Hall–Kier alpha value is -1.88. The minimum absolute atomic E-state index is 0.0956. The van der Waals surface area contributed by atoms with Crippen molar-refractivity contribution in [1.82, 2.24) is 10.2 Å². The summed E-state index contributed by atoms with van der Waals surface area (Å²) in [6, 6.07) is 7.18. The van der Waals surface area contributed by atoms with Gasteiger partial charge in [-0.3, -0.25) is 14.5 Å². The molecule has 1 aliphatic heterocycles. The molecule has 0 unspecified atom stereocenters. The van der Waals surface area contributed by atoms with Gasteiger partial charge in [0.15, 0.2) is 0 Å². The number of amides is 2. The first-order chi connectivity index (χ1) is 13.0. The molecule has 1 aromatic rings. The number of ether oxygens (including phenoxy) is 1. The van der Waals surface area contributed by atoms with Crippen molar-refractivity contribution in [2.45, 2.75) is 71.1 Å². The molecular weight excluding hydrogens is 340 g/mol. The van der Waals surface area contributed by atoms with Crippen LogP contribution in [0.2, 0.25) is 0 Å². The van der Waals surface area contributed by atoms with E-state index in [-0.39, 0.29) is 18.4 Å². The second kappa shape index (κ2) is 8.42. The van der Waals surface area contributed by atoms with Crippen molar-refractivity contribution in [3.05, 3.63) is 35.4 Å². The van der Waals surface area contributed by atoms with Crippen LogP contribution < -0.4 is 5.32 Å². The van der Waals surface area contributed by atoms with Gasteiger partial charge in [-0.25, -0.2) is 0 Å². The molecule has 2 fully saturated rings. The molecule has 2 aliphatic rings. The quantitative estimate of drug-likeness (QED) is 0.860. The Bertz CT molecular complexity index is 663. The van der Waals surface area contributed by atoms with Gasteiger partial charge in [-0.2, -0.15) is 0 Å². The van der Waals surface area contributed by atoms with Crippen molar-refractivity contribution in [1.29, 1.82) is 0 Å². The van der Waals surface area contributed by atoms with Crippen molar-refractivity contribution in [3.63, 3.8) is 0 Å². The zero-order valence-electron chi connectivity index (χ0n) is 16.8. The maximum atomic E-state index is 13.4. The van der Waals surface area contributed by atoms with Crippen LogP contribution in [-0.4, -0.2) is 41.6 Å². The fourth-order valence-corrected chi connectivity index (χ4v) is 4.12. The molecule has 1 spiro atoms. The molecular formula is C22H32N2O3. The van der Waals surface area contributed by atoms with Crippen molar-refractivity contribution < 1.29 is 14.3 Å². The Morgan fingerprint density at radius 3 is 2.44 bits per heavy atom. The molecule has 148 valence electrons. The van der Waals surface area contributed by atoms with E-state index in [9.17, 15) is 9.59 Å². The van der Waals surface area contributed by atoms with Crippen molar-refractivity contribution in [2.24, 2.45) is 5.92 Å². The predicted molar refractivity (Wildman–Crippen MR) is 105 cm³/mol. The molecule has 0 bridgehead atoms. The third-order valence-electron chi connectivity index (χ3n) is 5.71. The molecule has 1 atom stereocenters. The molecule has 1 aliphatic carbocycles. The topological polar surface area (TPSA) is 58.6 Å². The van der Waals surface area contributed by atoms with Gasteiger partial charge in [-0.15, -0.1) is 0 Å². The number of nitrogens with one attached hydrogen (secondary N) is 1. The molecule has 5 nitrogen and oxygen atoms in total. The van der Waals surface area contributed by atoms with E-state index in [0.717, 1.165) is 38.5 Å². The van der Waals surface area contributed by atoms with Crippen molar-refractivity contribution >= 4 is 11.8 Å². The van der Waals surface area contributed by atoms with Gasteiger partial charge in [0, 0.05) is 12.1 Å². The molecule has 3 rings (SSSR count). The van der Waals surface area contributed by atoms with Gasteiger partial charge in [-0.1, -0.05) is 39.3 Å². The number of aryl methyl sites for hydroxylation is 1. The number of benzene rings is 1. The first kappa shape index (κ1) is 19.9. The van der Waals surface area contributed by atoms with E-state index in [1.807, 2.05) is 24.3 Å². The van der Waals surface area contributed by atoms with E-state index in [2.05, 4.69) is 26.1 Å². The monoisotopic (exact) mass is 372 g/mol. The first-order valence-corrected chi connectivity index (χ1v) is 10.3. The summed E-state index contributed by atoms with van der Waals surface area (Å²) in [5.41, 5.74) is 1.20. The Morgan fingerprint density at radius 1 is 1.19 bits per heavy atom. The zero-order valence-corrected chi connectivity index (χ0v) is 16.8. The average molecular weight is 373 g/mol. The Kier molecular flexibility index (Phi) is 6.20. The summed E-state index contributed by atoms with van der Waals surface area (Å²) in [5, 5.41) is 2.99. The van der Waals surface area contributed by atoms with Gasteiger partial charge < -0.3 is 10.1 Å². The smallest absolute Gasteiger partial charge is 0.256 e. The summed E-state index contributed by atoms with van der Waals surface area (Å²) in [7, 11) is 0. The molecule has 0 radical (unpaired) electrons. The van der Waals surface area contributed by atoms with Crippen LogP contribution in [0.3, 0.4) is 0 Å². The van der Waals surface area contributed by atoms with Crippen molar-refractivity contribution in [2.75, 3.05) is 13.2 Å². The minimum atomic E-state index is -0.626. The highest BCUT2D eigenvalue weighted by molar-refractivity contribution is 5.98. The van der Waals surface area contributed by atoms with E-state index in [4.69, 9.17) is 4.74 Å². The van der Waals surface area contributed by atoms with Crippen LogP contribution in [0, 0.1) is 5.92 Å². The van der Waals surface area contributed by atoms with Crippen molar-refractivity contribution in [3.8, 4) is 0 Å². The summed E-state index contributed by atoms with van der Waals surface area (Å²) in [6.07, 6.45) is 5.76. The lowest BCUT2D eigenvalue weighted by Gasteiger charge is -2.41. The number of rotatable bonds is 5. The number of nitrogens with zero attached hydrogens (tertiary/aromatic N) is 1. The van der Waals surface area contributed by atoms with Crippen LogP contribution in [-0.2, 0) is 16.0 Å². The number of hydrogen-bond donors (Lipinski definition) is 1. The number of hydrogen-bond acceptors (Lipinski definition) is 3. The second-order valence-corrected chi connectivity index (χ2v) is 8.20. The van der Waals surface area contributed by atoms with Gasteiger partial charge >= 0.3 is 0 Å². The molecule has 2 amide bonds. The van der Waals surface area contributed by atoms with E-state index < -0.39 is 11.8 Å². The molecule has 1 heterocycles. The predicted octanol–water partition coefficient (Wildman–Crippen LogP) is 3.52. The van der Waals surface area contributed by atoms with Crippen LogP contribution in [0.1, 0.15) is 68.8 Å². The van der Waals surface area contributed by atoms with Gasteiger partial charge in [0.25, 0.3) is 5.91 Å². The van der Waals surface area contributed by atoms with Crippen LogP contribution in [0.4, 0.5) is 0 Å². The maximum Gasteiger partial charge on any atom is 0.256 e. The fourth-order valence-electron chi connectivity index (χ4n) is 4.12. The van der Waals surface area contributed by atoms with Gasteiger partial charge in [0.1, 0.15) is 11.8 Å². The Labute approximate surface area is 162 Å². The van der Waals surface area contributed by atoms with Gasteiger partial charge in [0.2, 0.25) is 5.91 Å². The Morgan fingerprint density at radius 2 is 1.85 bits per heavy atom. The summed E-state index contributed by atoms with van der Waals surface area (Å²) >= 11 is 0. The SMILES string of the molecule is CCc1ccc(C(=O)N2[C@@H](C(=O)NCC(C)C)COC23CCCCC3)cc1. The average Bonchev–Trinajstić information content (AvgIpc) is 3.04. The lowest BCUT2D eigenvalue weighted by atomic mass is 9.89. The van der Waals surface area contributed by atoms with Crippen LogP contribution in [0.15, 0.2) is 24.3 Å². The highest BCUT2D eigenvalue weighted by atomic mass is 16.5. The normalized spacial score (nSPS) is 21.6. The highest BCUT2D eigenvalue weighted by Crippen LogP contribution is 2.41. The molecule has 0 aromatic heterocycles. The maximum absolute atomic E-state index is 13.4. The third-order valence-corrected chi connectivity index (χ3v) is 5.71. The zero-order chi connectivity index (χ0) is 19.4. The van der Waals surface area contributed by atoms with Crippen LogP contribution in [0.5, 0.6) is 0 Å². The summed E-state index contributed by atoms with van der Waals surface area (Å²) in [6.45, 7) is 7.11. The molecule has 5 heteroatoms. The van der Waals surface area contributed by atoms with E-state index in [1.54, 1.807) is 4.90 Å². The third kappa shape index (κ3) is 4.18. The van der Waals surface area contributed by atoms with E-state index in [0.29, 0.717) is 18.0 Å². The lowest BCUT2D eigenvalue weighted by molar-refractivity contribution is -0.127. The molecule has 1 saturated heterocycles. The van der Waals surface area contributed by atoms with E-state index >= 15 is 0 Å². The Balaban J connectivity index is 1.87. The number of carbonyl (C=O) groups is 2. The van der Waals surface area contributed by atoms with Crippen LogP contribution >= 0.6 is 0 Å². The first-order valence-electron chi connectivity index (χ1n) is 10.3. The second-order valence-electron chi connectivity index (χ2n) is 8.20. The van der Waals surface area contributed by atoms with E-state index in [1.165, 1.54) is 5.56 Å². The largest absolute Gasteiger partial charge is 0.354 e. The molecule has 1 saturated carbocycles. The standard InChI is InChI=1S/C22H32N2O3/c1-4-17-8-10-18(11-9-17)21(26)24-19(20(25)23-14-16(2)3)15-27-22(24)12-6-5-7-13-22/h8-11,16,19H,4-7,12-15H2,1-3H3,(H,23,25)/t19-/m1/s1. The molecule has 1 aromatic carbocycles. The molecule has 1 N–H and O–H groups in total.